The van der Waals surface area contributed by atoms with Crippen LogP contribution in [0.15, 0.2) is 79.0 Å². The number of aromatic hydroxyl groups is 1. The number of benzene rings is 2. The summed E-state index contributed by atoms with van der Waals surface area (Å²) in [6.07, 6.45) is 1.99. The van der Waals surface area contributed by atoms with Crippen LogP contribution in [0.4, 0.5) is 0 Å². The third-order valence-electron chi connectivity index (χ3n) is 3.74. The van der Waals surface area contributed by atoms with Crippen molar-refractivity contribution in [1.82, 2.24) is 9.38 Å². The van der Waals surface area contributed by atoms with E-state index in [1.165, 1.54) is 0 Å². The van der Waals surface area contributed by atoms with Gasteiger partial charge in [0.25, 0.3) is 0 Å². The van der Waals surface area contributed by atoms with E-state index in [4.69, 9.17) is 4.98 Å². The van der Waals surface area contributed by atoms with Crippen molar-refractivity contribution in [2.75, 3.05) is 0 Å². The van der Waals surface area contributed by atoms with E-state index in [-0.39, 0.29) is 5.75 Å². The molecule has 2 heterocycles. The quantitative estimate of drug-likeness (QED) is 0.594. The molecule has 4 rings (SSSR count). The van der Waals surface area contributed by atoms with Gasteiger partial charge >= 0.3 is 0 Å². The van der Waals surface area contributed by atoms with Crippen molar-refractivity contribution < 1.29 is 5.11 Å². The van der Waals surface area contributed by atoms with Gasteiger partial charge in [-0.1, -0.05) is 48.5 Å². The van der Waals surface area contributed by atoms with Crippen LogP contribution in [-0.4, -0.2) is 14.5 Å². The van der Waals surface area contributed by atoms with Crippen molar-refractivity contribution in [2.45, 2.75) is 0 Å². The number of aromatic nitrogens is 2. The first-order chi connectivity index (χ1) is 10.8. The summed E-state index contributed by atoms with van der Waals surface area (Å²) >= 11 is 0. The Morgan fingerprint density at radius 2 is 1.50 bits per heavy atom. The molecule has 0 aliphatic heterocycles. The van der Waals surface area contributed by atoms with Gasteiger partial charge in [-0.25, -0.2) is 4.98 Å². The topological polar surface area (TPSA) is 37.5 Å². The Bertz CT molecular complexity index is 942. The van der Waals surface area contributed by atoms with Crippen molar-refractivity contribution >= 4 is 5.52 Å². The van der Waals surface area contributed by atoms with Crippen LogP contribution in [0, 0.1) is 0 Å². The molecule has 2 aromatic heterocycles. The summed E-state index contributed by atoms with van der Waals surface area (Å²) < 4.78 is 2.05. The van der Waals surface area contributed by atoms with Gasteiger partial charge in [-0.05, 0) is 24.3 Å². The average molecular weight is 286 g/mol. The number of phenols is 1. The SMILES string of the molecule is Oc1ccccc1-c1nc(-c2ccccc2)n2ccccc12. The van der Waals surface area contributed by atoms with Crippen LogP contribution in [-0.2, 0) is 0 Å². The van der Waals surface area contributed by atoms with Crippen LogP contribution in [0.3, 0.4) is 0 Å². The second-order valence-electron chi connectivity index (χ2n) is 5.12. The molecule has 0 radical (unpaired) electrons. The molecule has 4 aromatic rings. The highest BCUT2D eigenvalue weighted by Crippen LogP contribution is 2.34. The number of hydrogen-bond donors (Lipinski definition) is 1. The van der Waals surface area contributed by atoms with Crippen LogP contribution >= 0.6 is 0 Å². The number of fused-ring (bicyclic) bond motifs is 1. The van der Waals surface area contributed by atoms with Gasteiger partial charge < -0.3 is 5.11 Å². The Morgan fingerprint density at radius 3 is 2.32 bits per heavy atom. The molecule has 0 aliphatic carbocycles. The average Bonchev–Trinajstić information content (AvgIpc) is 2.96. The maximum atomic E-state index is 10.2. The number of para-hydroxylation sites is 1. The molecule has 0 fully saturated rings. The standard InChI is InChI=1S/C19H14N2O/c22-17-12-5-4-10-15(17)18-16-11-6-7-13-21(16)19(20-18)14-8-2-1-3-9-14/h1-13,22H. The number of hydrogen-bond acceptors (Lipinski definition) is 2. The highest BCUT2D eigenvalue weighted by Gasteiger charge is 2.15. The van der Waals surface area contributed by atoms with Gasteiger partial charge in [0.1, 0.15) is 17.3 Å². The zero-order valence-corrected chi connectivity index (χ0v) is 11.8. The summed E-state index contributed by atoms with van der Waals surface area (Å²) in [5.74, 6) is 1.11. The van der Waals surface area contributed by atoms with Gasteiger partial charge in [-0.3, -0.25) is 4.40 Å². The maximum absolute atomic E-state index is 10.2. The lowest BCUT2D eigenvalue weighted by molar-refractivity contribution is 0.477. The number of imidazole rings is 1. The van der Waals surface area contributed by atoms with Crippen molar-refractivity contribution in [1.29, 1.82) is 0 Å². The summed E-state index contributed by atoms with van der Waals surface area (Å²) in [4.78, 5) is 4.79. The molecule has 3 heteroatoms. The number of pyridine rings is 1. The first-order valence-corrected chi connectivity index (χ1v) is 7.15. The van der Waals surface area contributed by atoms with Crippen molar-refractivity contribution in [3.05, 3.63) is 79.0 Å². The lowest BCUT2D eigenvalue weighted by Crippen LogP contribution is -1.87. The Kier molecular flexibility index (Phi) is 2.90. The summed E-state index contributed by atoms with van der Waals surface area (Å²) in [6.45, 7) is 0. The van der Waals surface area contributed by atoms with E-state index in [0.717, 1.165) is 28.2 Å². The molecule has 1 N–H and O–H groups in total. The van der Waals surface area contributed by atoms with Crippen molar-refractivity contribution in [3.8, 4) is 28.4 Å². The molecular weight excluding hydrogens is 272 g/mol. The first kappa shape index (κ1) is 12.7. The molecular formula is C19H14N2O. The van der Waals surface area contributed by atoms with Crippen molar-refractivity contribution in [2.24, 2.45) is 0 Å². The molecule has 22 heavy (non-hydrogen) atoms. The zero-order valence-electron chi connectivity index (χ0n) is 11.8. The van der Waals surface area contributed by atoms with E-state index in [0.29, 0.717) is 0 Å². The minimum Gasteiger partial charge on any atom is -0.507 e. The van der Waals surface area contributed by atoms with Gasteiger partial charge in [0, 0.05) is 17.3 Å². The third-order valence-corrected chi connectivity index (χ3v) is 3.74. The van der Waals surface area contributed by atoms with Gasteiger partial charge in [-0.2, -0.15) is 0 Å². The van der Waals surface area contributed by atoms with E-state index in [9.17, 15) is 5.11 Å². The minimum absolute atomic E-state index is 0.242. The Labute approximate surface area is 128 Å². The predicted molar refractivity (Wildman–Crippen MR) is 87.7 cm³/mol. The summed E-state index contributed by atoms with van der Waals surface area (Å²) in [7, 11) is 0. The largest absolute Gasteiger partial charge is 0.507 e. The summed E-state index contributed by atoms with van der Waals surface area (Å²) in [5.41, 5.74) is 3.55. The van der Waals surface area contributed by atoms with E-state index in [2.05, 4.69) is 4.40 Å². The minimum atomic E-state index is 0.242. The molecule has 2 aromatic carbocycles. The number of phenolic OH excluding ortho intramolecular Hbond substituents is 1. The fourth-order valence-electron chi connectivity index (χ4n) is 2.70. The van der Waals surface area contributed by atoms with E-state index in [1.54, 1.807) is 6.07 Å². The second-order valence-corrected chi connectivity index (χ2v) is 5.12. The van der Waals surface area contributed by atoms with Gasteiger partial charge in [-0.15, -0.1) is 0 Å². The second kappa shape index (κ2) is 5.04. The Hall–Kier alpha value is -3.07. The lowest BCUT2D eigenvalue weighted by Gasteiger charge is -2.01. The molecule has 0 amide bonds. The molecule has 0 saturated heterocycles. The lowest BCUT2D eigenvalue weighted by atomic mass is 10.1. The van der Waals surface area contributed by atoms with E-state index in [1.807, 2.05) is 72.9 Å². The predicted octanol–water partition coefficient (Wildman–Crippen LogP) is 4.37. The molecule has 0 bridgehead atoms. The monoisotopic (exact) mass is 286 g/mol. The van der Waals surface area contributed by atoms with E-state index < -0.39 is 0 Å². The molecule has 106 valence electrons. The third kappa shape index (κ3) is 1.95. The highest BCUT2D eigenvalue weighted by atomic mass is 16.3. The van der Waals surface area contributed by atoms with E-state index >= 15 is 0 Å². The molecule has 0 unspecified atom stereocenters. The zero-order chi connectivity index (χ0) is 14.9. The molecule has 0 spiro atoms. The van der Waals surface area contributed by atoms with Gasteiger partial charge in [0.05, 0.1) is 5.52 Å². The summed E-state index contributed by atoms with van der Waals surface area (Å²) in [5, 5.41) is 10.2. The Balaban J connectivity index is 2.04. The van der Waals surface area contributed by atoms with Crippen LogP contribution in [0.2, 0.25) is 0 Å². The Morgan fingerprint density at radius 1 is 0.773 bits per heavy atom. The fraction of sp³-hybridized carbons (Fsp3) is 0. The smallest absolute Gasteiger partial charge is 0.145 e. The summed E-state index contributed by atoms with van der Waals surface area (Å²) in [6, 6.07) is 23.3. The van der Waals surface area contributed by atoms with Crippen molar-refractivity contribution in [3.63, 3.8) is 0 Å². The van der Waals surface area contributed by atoms with Crippen LogP contribution in [0.25, 0.3) is 28.2 Å². The number of nitrogens with zero attached hydrogens (tertiary/aromatic N) is 2. The van der Waals surface area contributed by atoms with Crippen LogP contribution in [0.5, 0.6) is 5.75 Å². The molecule has 0 saturated carbocycles. The van der Waals surface area contributed by atoms with Gasteiger partial charge in [0.15, 0.2) is 0 Å². The highest BCUT2D eigenvalue weighted by molar-refractivity contribution is 5.84. The molecule has 3 nitrogen and oxygen atoms in total. The van der Waals surface area contributed by atoms with Gasteiger partial charge in [0.2, 0.25) is 0 Å². The fourth-order valence-corrected chi connectivity index (χ4v) is 2.70. The maximum Gasteiger partial charge on any atom is 0.145 e. The molecule has 0 aliphatic rings. The molecule has 0 atom stereocenters. The normalized spacial score (nSPS) is 10.9. The van der Waals surface area contributed by atoms with Crippen LogP contribution in [0.1, 0.15) is 0 Å². The van der Waals surface area contributed by atoms with Crippen LogP contribution < -0.4 is 0 Å². The number of rotatable bonds is 2. The first-order valence-electron chi connectivity index (χ1n) is 7.15.